The smallest absolute Gasteiger partial charge is 0.319 e. The van der Waals surface area contributed by atoms with Gasteiger partial charge in [0, 0.05) is 26.7 Å². The van der Waals surface area contributed by atoms with Crippen LogP contribution in [0.1, 0.15) is 19.8 Å². The number of hydrogen-bond acceptors (Lipinski definition) is 3. The number of urea groups is 1. The fourth-order valence-electron chi connectivity index (χ4n) is 1.17. The number of carboxylic acid groups (broad SMARTS) is 1. The summed E-state index contributed by atoms with van der Waals surface area (Å²) >= 11 is 0. The van der Waals surface area contributed by atoms with Crippen LogP contribution in [0.3, 0.4) is 0 Å². The predicted octanol–water partition coefficient (Wildman–Crippen LogP) is 0.748. The Morgan fingerprint density at radius 3 is 2.44 bits per heavy atom. The normalized spacial score (nSPS) is 9.31. The van der Waals surface area contributed by atoms with Crippen molar-refractivity contribution in [1.29, 1.82) is 5.26 Å². The van der Waals surface area contributed by atoms with E-state index in [4.69, 9.17) is 10.4 Å². The van der Waals surface area contributed by atoms with Gasteiger partial charge in [-0.1, -0.05) is 0 Å². The van der Waals surface area contributed by atoms with E-state index in [1.165, 1.54) is 9.80 Å². The maximum Gasteiger partial charge on any atom is 0.319 e. The Hall–Kier alpha value is -1.77. The lowest BCUT2D eigenvalue weighted by Gasteiger charge is -2.26. The van der Waals surface area contributed by atoms with E-state index in [9.17, 15) is 9.59 Å². The van der Waals surface area contributed by atoms with E-state index >= 15 is 0 Å². The van der Waals surface area contributed by atoms with Crippen LogP contribution in [-0.2, 0) is 4.79 Å². The molecule has 0 spiro atoms. The summed E-state index contributed by atoms with van der Waals surface area (Å²) in [6.07, 6.45) is 0.213. The first kappa shape index (κ1) is 14.2. The molecule has 0 radical (unpaired) electrons. The van der Waals surface area contributed by atoms with Crippen molar-refractivity contribution >= 4 is 12.0 Å². The van der Waals surface area contributed by atoms with Crippen molar-refractivity contribution in [1.82, 2.24) is 9.80 Å². The highest BCUT2D eigenvalue weighted by Gasteiger charge is 2.16. The zero-order valence-electron chi connectivity index (χ0n) is 9.64. The quantitative estimate of drug-likeness (QED) is 0.725. The summed E-state index contributed by atoms with van der Waals surface area (Å²) < 4.78 is 0. The Morgan fingerprint density at radius 1 is 1.38 bits per heavy atom. The van der Waals surface area contributed by atoms with Gasteiger partial charge in [0.1, 0.15) is 0 Å². The zero-order chi connectivity index (χ0) is 12.6. The third kappa shape index (κ3) is 5.20. The number of hydrogen-bond donors (Lipinski definition) is 1. The average Bonchev–Trinajstić information content (AvgIpc) is 2.26. The average molecular weight is 227 g/mol. The number of carbonyl (C=O) groups is 2. The Bertz CT molecular complexity index is 286. The van der Waals surface area contributed by atoms with Crippen LogP contribution < -0.4 is 0 Å². The Balaban J connectivity index is 4.16. The van der Waals surface area contributed by atoms with Crippen molar-refractivity contribution in [3.8, 4) is 6.07 Å². The van der Waals surface area contributed by atoms with E-state index in [1.54, 1.807) is 7.05 Å². The predicted molar refractivity (Wildman–Crippen MR) is 57.8 cm³/mol. The fourth-order valence-corrected chi connectivity index (χ4v) is 1.17. The van der Waals surface area contributed by atoms with E-state index in [0.717, 1.165) is 0 Å². The van der Waals surface area contributed by atoms with Crippen molar-refractivity contribution in [3.05, 3.63) is 0 Å². The molecule has 0 fully saturated rings. The second-order valence-corrected chi connectivity index (χ2v) is 3.34. The number of nitrogens with zero attached hydrogens (tertiary/aromatic N) is 3. The highest BCUT2D eigenvalue weighted by molar-refractivity contribution is 5.75. The monoisotopic (exact) mass is 227 g/mol. The molecule has 0 atom stereocenters. The number of nitriles is 1. The van der Waals surface area contributed by atoms with Gasteiger partial charge in [-0.25, -0.2) is 4.79 Å². The van der Waals surface area contributed by atoms with Crippen LogP contribution >= 0.6 is 0 Å². The van der Waals surface area contributed by atoms with Crippen LogP contribution in [-0.4, -0.2) is 53.6 Å². The van der Waals surface area contributed by atoms with Gasteiger partial charge in [0.15, 0.2) is 0 Å². The van der Waals surface area contributed by atoms with Gasteiger partial charge in [0.2, 0.25) is 0 Å². The lowest BCUT2D eigenvalue weighted by atomic mass is 10.4. The summed E-state index contributed by atoms with van der Waals surface area (Å²) in [5, 5.41) is 16.9. The van der Waals surface area contributed by atoms with Crippen LogP contribution in [0.5, 0.6) is 0 Å². The maximum absolute atomic E-state index is 11.7. The number of amides is 2. The molecule has 0 aliphatic rings. The molecule has 1 N–H and O–H groups in total. The number of carbonyl (C=O) groups excluding carboxylic acids is 1. The van der Waals surface area contributed by atoms with E-state index in [1.807, 2.05) is 13.0 Å². The summed E-state index contributed by atoms with van der Waals surface area (Å²) in [7, 11) is 1.56. The third-order valence-corrected chi connectivity index (χ3v) is 2.13. The van der Waals surface area contributed by atoms with Gasteiger partial charge in [-0.05, 0) is 6.92 Å². The van der Waals surface area contributed by atoms with Gasteiger partial charge >= 0.3 is 12.0 Å². The minimum atomic E-state index is -0.931. The first-order valence-electron chi connectivity index (χ1n) is 5.11. The highest BCUT2D eigenvalue weighted by atomic mass is 16.4. The molecule has 0 aliphatic heterocycles. The fraction of sp³-hybridized carbons (Fsp3) is 0.700. The van der Waals surface area contributed by atoms with Crippen LogP contribution in [0.2, 0.25) is 0 Å². The molecular formula is C10H17N3O3. The van der Waals surface area contributed by atoms with Crippen molar-refractivity contribution in [2.75, 3.05) is 26.7 Å². The molecule has 0 heterocycles. The molecule has 16 heavy (non-hydrogen) atoms. The van der Waals surface area contributed by atoms with Crippen LogP contribution in [0.15, 0.2) is 0 Å². The molecule has 90 valence electrons. The van der Waals surface area contributed by atoms with Gasteiger partial charge < -0.3 is 14.9 Å². The molecule has 0 bridgehead atoms. The van der Waals surface area contributed by atoms with Gasteiger partial charge in [-0.3, -0.25) is 4.79 Å². The second-order valence-electron chi connectivity index (χ2n) is 3.34. The first-order valence-corrected chi connectivity index (χ1v) is 5.11. The Morgan fingerprint density at radius 2 is 2.00 bits per heavy atom. The summed E-state index contributed by atoms with van der Waals surface area (Å²) in [6, 6.07) is 1.73. The molecule has 0 rings (SSSR count). The third-order valence-electron chi connectivity index (χ3n) is 2.13. The minimum absolute atomic E-state index is 0.0714. The molecule has 0 aliphatic carbocycles. The summed E-state index contributed by atoms with van der Waals surface area (Å²) in [5.41, 5.74) is 0. The number of rotatable bonds is 6. The highest BCUT2D eigenvalue weighted by Crippen LogP contribution is 1.99. The largest absolute Gasteiger partial charge is 0.481 e. The van der Waals surface area contributed by atoms with Crippen molar-refractivity contribution in [3.63, 3.8) is 0 Å². The van der Waals surface area contributed by atoms with E-state index in [0.29, 0.717) is 13.1 Å². The molecule has 6 nitrogen and oxygen atoms in total. The van der Waals surface area contributed by atoms with Crippen molar-refractivity contribution < 1.29 is 14.7 Å². The van der Waals surface area contributed by atoms with Crippen LogP contribution in [0.25, 0.3) is 0 Å². The van der Waals surface area contributed by atoms with E-state index < -0.39 is 5.97 Å². The number of carboxylic acids is 1. The number of aliphatic carboxylic acids is 1. The Kier molecular flexibility index (Phi) is 6.68. The maximum atomic E-state index is 11.7. The van der Waals surface area contributed by atoms with Gasteiger partial charge in [-0.15, -0.1) is 0 Å². The standard InChI is InChI=1S/C10H17N3O3/c1-3-13(7-4-6-11)10(16)12(2)8-5-9(14)15/h3-5,7-8H2,1-2H3,(H,14,15). The van der Waals surface area contributed by atoms with Gasteiger partial charge in [0.05, 0.1) is 18.9 Å². The summed E-state index contributed by atoms with van der Waals surface area (Å²) in [5.74, 6) is -0.931. The van der Waals surface area contributed by atoms with Crippen molar-refractivity contribution in [2.45, 2.75) is 19.8 Å². The molecule has 0 unspecified atom stereocenters. The molecule has 0 saturated carbocycles. The first-order chi connectivity index (χ1) is 7.52. The Labute approximate surface area is 95.1 Å². The van der Waals surface area contributed by atoms with Gasteiger partial charge in [-0.2, -0.15) is 5.26 Å². The summed E-state index contributed by atoms with van der Waals surface area (Å²) in [6.45, 7) is 2.89. The zero-order valence-corrected chi connectivity index (χ0v) is 9.64. The molecule has 2 amide bonds. The van der Waals surface area contributed by atoms with Crippen molar-refractivity contribution in [2.24, 2.45) is 0 Å². The molecule has 0 aromatic carbocycles. The van der Waals surface area contributed by atoms with Gasteiger partial charge in [0.25, 0.3) is 0 Å². The van der Waals surface area contributed by atoms with E-state index in [2.05, 4.69) is 0 Å². The molecule has 0 saturated heterocycles. The van der Waals surface area contributed by atoms with Crippen LogP contribution in [0.4, 0.5) is 4.79 Å². The minimum Gasteiger partial charge on any atom is -0.481 e. The summed E-state index contributed by atoms with van der Waals surface area (Å²) in [4.78, 5) is 25.0. The van der Waals surface area contributed by atoms with Crippen LogP contribution in [0, 0.1) is 11.3 Å². The SMILES string of the molecule is CCN(CCC#N)C(=O)N(C)CCC(=O)O. The van der Waals surface area contributed by atoms with E-state index in [-0.39, 0.29) is 25.4 Å². The lowest BCUT2D eigenvalue weighted by molar-refractivity contribution is -0.137. The lowest BCUT2D eigenvalue weighted by Crippen LogP contribution is -2.42. The molecule has 6 heteroatoms. The molecule has 0 aromatic rings. The topological polar surface area (TPSA) is 84.6 Å². The molecular weight excluding hydrogens is 210 g/mol. The molecule has 0 aromatic heterocycles. The second kappa shape index (κ2) is 7.51.